The van der Waals surface area contributed by atoms with Crippen molar-refractivity contribution < 1.29 is 29.0 Å². The van der Waals surface area contributed by atoms with E-state index in [1.54, 1.807) is 6.20 Å². The van der Waals surface area contributed by atoms with Crippen LogP contribution in [0.3, 0.4) is 0 Å². The highest BCUT2D eigenvalue weighted by Crippen LogP contribution is 3.02. The number of morpholine rings is 1. The van der Waals surface area contributed by atoms with Crippen molar-refractivity contribution in [2.45, 2.75) is 29.8 Å². The number of pyridine rings is 1. The van der Waals surface area contributed by atoms with Crippen LogP contribution in [0.25, 0.3) is 11.2 Å². The number of anilines is 1. The number of nitrogens with zero attached hydrogens (tertiary/aromatic N) is 3. The number of imidazole rings is 1. The number of hydrogen-bond acceptors (Lipinski definition) is 6. The summed E-state index contributed by atoms with van der Waals surface area (Å²) in [5.74, 6) is 0.187. The van der Waals surface area contributed by atoms with Crippen LogP contribution in [0, 0.1) is 0 Å². The zero-order valence-corrected chi connectivity index (χ0v) is 19.8. The lowest BCUT2D eigenvalue weighted by Gasteiger charge is -2.40. The zero-order valence-electron chi connectivity index (χ0n) is 19.0. The molecule has 196 valence electrons. The van der Waals surface area contributed by atoms with Gasteiger partial charge in [0.25, 0.3) is 5.91 Å². The van der Waals surface area contributed by atoms with E-state index < -0.39 is 26.7 Å². The first-order valence-electron chi connectivity index (χ1n) is 11.4. The molecule has 5 rings (SSSR count). The second-order valence-corrected chi connectivity index (χ2v) is 11.5. The van der Waals surface area contributed by atoms with Crippen LogP contribution in [0.2, 0.25) is 0 Å². The summed E-state index contributed by atoms with van der Waals surface area (Å²) in [6.45, 7) is 2.66. The Morgan fingerprint density at radius 1 is 1.14 bits per heavy atom. The number of hydrogen-bond donors (Lipinski definition) is 3. The summed E-state index contributed by atoms with van der Waals surface area (Å²) in [5.41, 5.74) is 7.12. The molecule has 3 aromatic rings. The molecule has 0 spiro atoms. The van der Waals surface area contributed by atoms with Gasteiger partial charge in [0.1, 0.15) is 16.8 Å². The lowest BCUT2D eigenvalue weighted by Crippen LogP contribution is -2.38. The average Bonchev–Trinajstić information content (AvgIpc) is 3.27. The summed E-state index contributed by atoms with van der Waals surface area (Å²) in [7, 11) is -9.88. The molecule has 4 N–H and O–H groups in total. The van der Waals surface area contributed by atoms with Crippen LogP contribution in [0.4, 0.5) is 25.1 Å². The second kappa shape index (κ2) is 8.02. The van der Waals surface area contributed by atoms with E-state index in [0.717, 1.165) is 23.7 Å². The summed E-state index contributed by atoms with van der Waals surface area (Å²) in [5, 5.41) is 3.26. The van der Waals surface area contributed by atoms with Gasteiger partial charge in [-0.1, -0.05) is 19.4 Å². The number of fused-ring (bicyclic) bond motifs is 1. The molecular formula is C22H25F5N6O2S. The Bertz CT molecular complexity index is 1320. The van der Waals surface area contributed by atoms with Gasteiger partial charge in [-0.15, -0.1) is 0 Å². The normalized spacial score (nSPS) is 21.8. The number of aromatic amines is 1. The third kappa shape index (κ3) is 4.84. The van der Waals surface area contributed by atoms with Crippen LogP contribution in [0.1, 0.15) is 46.6 Å². The van der Waals surface area contributed by atoms with Crippen LogP contribution < -0.4 is 11.1 Å². The Morgan fingerprint density at radius 3 is 2.53 bits per heavy atom. The van der Waals surface area contributed by atoms with Crippen molar-refractivity contribution in [1.82, 2.24) is 25.2 Å². The van der Waals surface area contributed by atoms with Gasteiger partial charge in [-0.3, -0.25) is 4.79 Å². The van der Waals surface area contributed by atoms with Crippen molar-refractivity contribution in [2.24, 2.45) is 0 Å². The Balaban J connectivity index is 1.31. The predicted octanol–water partition coefficient (Wildman–Crippen LogP) is 4.88. The van der Waals surface area contributed by atoms with Crippen molar-refractivity contribution in [3.05, 3.63) is 47.4 Å². The van der Waals surface area contributed by atoms with Crippen LogP contribution >= 0.6 is 10.2 Å². The standard InChI is InChI=1S/C22H25F5N6O2S/c23-36(24,25,26,27)14-1-2-16(17(28)11-14)22(34)33-8-4-13(5-9-33)15-3-6-30-21-19(15)31-20(32-21)18-12-29-7-10-35-18/h1-3,6,11,13,18,29H,4-5,7-10,12,28H2,(H,30,31,32)/t18-/m1/s1. The SMILES string of the molecule is Nc1cc(S(F)(F)(F)(F)F)ccc1C(=O)N1CCC(c2ccnc3nc([C@H]4CNCCO4)[nH]c23)CC1. The lowest BCUT2D eigenvalue weighted by atomic mass is 9.89. The largest absolute Gasteiger partial charge is 0.398 e. The van der Waals surface area contributed by atoms with Crippen molar-refractivity contribution in [3.8, 4) is 0 Å². The highest BCUT2D eigenvalue weighted by atomic mass is 32.5. The molecule has 0 unspecified atom stereocenters. The summed E-state index contributed by atoms with van der Waals surface area (Å²) in [4.78, 5) is 24.5. The number of halogens is 5. The Kier molecular flexibility index (Phi) is 5.50. The smallest absolute Gasteiger partial charge is 0.310 e. The Hall–Kier alpha value is -2.97. The van der Waals surface area contributed by atoms with E-state index in [0.29, 0.717) is 50.6 Å². The molecule has 14 heteroatoms. The number of piperidine rings is 1. The quantitative estimate of drug-likeness (QED) is 0.327. The molecule has 2 aliphatic rings. The number of ether oxygens (including phenoxy) is 1. The van der Waals surface area contributed by atoms with Gasteiger partial charge >= 0.3 is 10.2 Å². The van der Waals surface area contributed by atoms with Crippen LogP contribution in [-0.4, -0.2) is 58.5 Å². The third-order valence-corrected chi connectivity index (χ3v) is 7.74. The topological polar surface area (TPSA) is 109 Å². The monoisotopic (exact) mass is 532 g/mol. The number of nitrogens with two attached hydrogens (primary N) is 1. The number of carbonyl (C=O) groups is 1. The van der Waals surface area contributed by atoms with Crippen molar-refractivity contribution >= 4 is 33.0 Å². The highest BCUT2D eigenvalue weighted by Gasteiger charge is 2.65. The molecule has 2 fully saturated rings. The number of rotatable bonds is 4. The van der Waals surface area contributed by atoms with Gasteiger partial charge < -0.3 is 25.7 Å². The minimum Gasteiger partial charge on any atom is -0.398 e. The minimum atomic E-state index is -9.88. The second-order valence-electron chi connectivity index (χ2n) is 9.07. The summed E-state index contributed by atoms with van der Waals surface area (Å²) in [6, 6.07) is 2.98. The van der Waals surface area contributed by atoms with E-state index in [4.69, 9.17) is 10.5 Å². The molecule has 2 aliphatic heterocycles. The molecule has 2 aromatic heterocycles. The predicted molar refractivity (Wildman–Crippen MR) is 126 cm³/mol. The van der Waals surface area contributed by atoms with E-state index in [2.05, 4.69) is 20.3 Å². The molecule has 1 atom stereocenters. The molecule has 0 radical (unpaired) electrons. The number of likely N-dealkylation sites (tertiary alicyclic amines) is 1. The van der Waals surface area contributed by atoms with Crippen LogP contribution in [0.15, 0.2) is 35.4 Å². The van der Waals surface area contributed by atoms with Gasteiger partial charge in [-0.2, -0.15) is 0 Å². The van der Waals surface area contributed by atoms with E-state index in [-0.39, 0.29) is 29.7 Å². The van der Waals surface area contributed by atoms with Crippen LogP contribution in [-0.2, 0) is 4.74 Å². The van der Waals surface area contributed by atoms with E-state index in [9.17, 15) is 24.2 Å². The van der Waals surface area contributed by atoms with Crippen molar-refractivity contribution in [3.63, 3.8) is 0 Å². The number of nitrogens with one attached hydrogen (secondary N) is 2. The van der Waals surface area contributed by atoms with Gasteiger partial charge in [0.15, 0.2) is 5.65 Å². The third-order valence-electron chi connectivity index (χ3n) is 6.60. The maximum Gasteiger partial charge on any atom is 0.310 e. The Morgan fingerprint density at radius 2 is 1.89 bits per heavy atom. The molecular weight excluding hydrogens is 507 g/mol. The molecule has 4 heterocycles. The van der Waals surface area contributed by atoms with Crippen molar-refractivity contribution in [2.75, 3.05) is 38.5 Å². The van der Waals surface area contributed by atoms with Crippen LogP contribution in [0.5, 0.6) is 0 Å². The summed E-state index contributed by atoms with van der Waals surface area (Å²) in [6.07, 6.45) is 2.66. The molecule has 8 nitrogen and oxygen atoms in total. The number of benzene rings is 1. The van der Waals surface area contributed by atoms with Gasteiger partial charge in [0.2, 0.25) is 0 Å². The first kappa shape index (κ1) is 24.7. The number of amides is 1. The number of H-pyrrole nitrogens is 1. The van der Waals surface area contributed by atoms with Gasteiger partial charge in [-0.25, -0.2) is 9.97 Å². The molecule has 1 amide bonds. The first-order chi connectivity index (χ1) is 16.8. The fourth-order valence-electron chi connectivity index (χ4n) is 4.72. The molecule has 1 aromatic carbocycles. The maximum absolute atomic E-state index is 13.1. The first-order valence-corrected chi connectivity index (χ1v) is 13.3. The fraction of sp³-hybridized carbons (Fsp3) is 0.409. The minimum absolute atomic E-state index is 0.0890. The van der Waals surface area contributed by atoms with Gasteiger partial charge in [0, 0.05) is 38.1 Å². The molecule has 0 bridgehead atoms. The lowest BCUT2D eigenvalue weighted by molar-refractivity contribution is 0.0228. The van der Waals surface area contributed by atoms with Crippen molar-refractivity contribution in [1.29, 1.82) is 0 Å². The molecule has 2 saturated heterocycles. The van der Waals surface area contributed by atoms with Gasteiger partial charge in [0.05, 0.1) is 17.7 Å². The van der Waals surface area contributed by atoms with Gasteiger partial charge in [-0.05, 0) is 48.6 Å². The summed E-state index contributed by atoms with van der Waals surface area (Å²) < 4.78 is 71.1. The molecule has 36 heavy (non-hydrogen) atoms. The van der Waals surface area contributed by atoms with E-state index in [1.807, 2.05) is 6.07 Å². The molecule has 0 saturated carbocycles. The summed E-state index contributed by atoms with van der Waals surface area (Å²) >= 11 is 0. The maximum atomic E-state index is 13.1. The number of aromatic nitrogens is 3. The highest BCUT2D eigenvalue weighted by molar-refractivity contribution is 8.45. The average molecular weight is 533 g/mol. The molecule has 0 aliphatic carbocycles. The number of nitrogen functional groups attached to an aromatic ring is 1. The Labute approximate surface area is 203 Å². The van der Waals surface area contributed by atoms with E-state index >= 15 is 0 Å². The number of carbonyl (C=O) groups excluding carboxylic acids is 1. The van der Waals surface area contributed by atoms with E-state index in [1.165, 1.54) is 4.90 Å². The zero-order chi connectivity index (χ0) is 25.8. The fourth-order valence-corrected chi connectivity index (χ4v) is 5.40.